The predicted octanol–water partition coefficient (Wildman–Crippen LogP) is 4.24. The van der Waals surface area contributed by atoms with E-state index in [1.165, 1.54) is 12.1 Å². The van der Waals surface area contributed by atoms with Gasteiger partial charge in [0.15, 0.2) is 0 Å². The zero-order valence-electron chi connectivity index (χ0n) is 11.8. The summed E-state index contributed by atoms with van der Waals surface area (Å²) >= 11 is 3.44. The van der Waals surface area contributed by atoms with Gasteiger partial charge in [0.25, 0.3) is 0 Å². The smallest absolute Gasteiger partial charge is 0.133 e. The van der Waals surface area contributed by atoms with Gasteiger partial charge in [-0.25, -0.2) is 8.78 Å². The van der Waals surface area contributed by atoms with Crippen LogP contribution < -0.4 is 10.1 Å². The van der Waals surface area contributed by atoms with Gasteiger partial charge in [0.2, 0.25) is 0 Å². The van der Waals surface area contributed by atoms with Crippen LogP contribution in [0.3, 0.4) is 0 Å². The van der Waals surface area contributed by atoms with E-state index in [1.54, 1.807) is 7.11 Å². The van der Waals surface area contributed by atoms with Crippen molar-refractivity contribution in [3.8, 4) is 5.75 Å². The van der Waals surface area contributed by atoms with Crippen molar-refractivity contribution in [2.45, 2.75) is 12.5 Å². The van der Waals surface area contributed by atoms with Crippen molar-refractivity contribution in [3.63, 3.8) is 0 Å². The fraction of sp³-hybridized carbons (Fsp3) is 0.250. The van der Waals surface area contributed by atoms with Crippen LogP contribution in [0.5, 0.6) is 5.75 Å². The van der Waals surface area contributed by atoms with Gasteiger partial charge >= 0.3 is 0 Å². The number of nitrogens with one attached hydrogen (secondary N) is 1. The fourth-order valence-electron chi connectivity index (χ4n) is 2.25. The van der Waals surface area contributed by atoms with Gasteiger partial charge in [0.05, 0.1) is 11.6 Å². The third-order valence-electron chi connectivity index (χ3n) is 3.29. The topological polar surface area (TPSA) is 21.3 Å². The van der Waals surface area contributed by atoms with E-state index in [0.29, 0.717) is 12.0 Å². The molecule has 1 atom stereocenters. The van der Waals surface area contributed by atoms with Crippen LogP contribution in [-0.2, 0) is 6.42 Å². The van der Waals surface area contributed by atoms with Crippen LogP contribution in [-0.4, -0.2) is 14.2 Å². The van der Waals surface area contributed by atoms with Crippen molar-refractivity contribution < 1.29 is 13.5 Å². The number of hydrogen-bond donors (Lipinski definition) is 1. The molecule has 0 saturated heterocycles. The summed E-state index contributed by atoms with van der Waals surface area (Å²) in [6, 6.07) is 9.26. The van der Waals surface area contributed by atoms with Crippen molar-refractivity contribution in [2.24, 2.45) is 0 Å². The van der Waals surface area contributed by atoms with Crippen molar-refractivity contribution in [3.05, 3.63) is 63.6 Å². The maximum atomic E-state index is 13.3. The molecular formula is C16H16BrF2NO. The number of halogens is 3. The molecule has 2 rings (SSSR count). The number of ether oxygens (including phenoxy) is 1. The summed E-state index contributed by atoms with van der Waals surface area (Å²) in [5.74, 6) is -0.378. The second-order valence-corrected chi connectivity index (χ2v) is 5.57. The molecule has 0 aliphatic carbocycles. The van der Waals surface area contributed by atoms with Gasteiger partial charge in [0, 0.05) is 12.1 Å². The summed E-state index contributed by atoms with van der Waals surface area (Å²) in [5, 5.41) is 3.16. The zero-order valence-corrected chi connectivity index (χ0v) is 13.4. The molecule has 1 N–H and O–H groups in total. The van der Waals surface area contributed by atoms with Crippen LogP contribution in [0.2, 0.25) is 0 Å². The van der Waals surface area contributed by atoms with E-state index in [-0.39, 0.29) is 6.04 Å². The molecule has 2 aromatic rings. The average Bonchev–Trinajstić information content (AvgIpc) is 2.43. The zero-order chi connectivity index (χ0) is 15.4. The van der Waals surface area contributed by atoms with Crippen LogP contribution in [0.4, 0.5) is 8.78 Å². The fourth-order valence-corrected chi connectivity index (χ4v) is 2.81. The Hall–Kier alpha value is -1.46. The standard InChI is InChI=1S/C16H16BrF2NO/c1-20-15(7-10-5-12(18)9-13(19)6-10)11-3-4-16(21-2)14(17)8-11/h3-6,8-9,15,20H,7H2,1-2H3. The van der Waals surface area contributed by atoms with Gasteiger partial charge in [-0.05, 0) is 64.8 Å². The van der Waals surface area contributed by atoms with Gasteiger partial charge < -0.3 is 10.1 Å². The van der Waals surface area contributed by atoms with Crippen molar-refractivity contribution in [1.82, 2.24) is 5.32 Å². The molecule has 0 aliphatic rings. The Bertz CT molecular complexity index is 613. The largest absolute Gasteiger partial charge is 0.496 e. The summed E-state index contributed by atoms with van der Waals surface area (Å²) < 4.78 is 32.6. The Morgan fingerprint density at radius 3 is 2.33 bits per heavy atom. The van der Waals surface area contributed by atoms with Gasteiger partial charge in [-0.1, -0.05) is 6.07 Å². The quantitative estimate of drug-likeness (QED) is 0.865. The second kappa shape index (κ2) is 7.00. The summed E-state index contributed by atoms with van der Waals surface area (Å²) in [6.07, 6.45) is 0.490. The first-order valence-electron chi connectivity index (χ1n) is 6.49. The Balaban J connectivity index is 2.25. The van der Waals surface area contributed by atoms with Crippen molar-refractivity contribution in [1.29, 1.82) is 0 Å². The van der Waals surface area contributed by atoms with Gasteiger partial charge in [-0.2, -0.15) is 0 Å². The highest BCUT2D eigenvalue weighted by molar-refractivity contribution is 9.10. The number of rotatable bonds is 5. The lowest BCUT2D eigenvalue weighted by Gasteiger charge is -2.18. The molecule has 2 aromatic carbocycles. The van der Waals surface area contributed by atoms with Crippen LogP contribution in [0.15, 0.2) is 40.9 Å². The van der Waals surface area contributed by atoms with E-state index < -0.39 is 11.6 Å². The molecule has 0 fully saturated rings. The molecule has 0 saturated carbocycles. The summed E-state index contributed by atoms with van der Waals surface area (Å²) in [4.78, 5) is 0. The Morgan fingerprint density at radius 2 is 1.81 bits per heavy atom. The molecule has 5 heteroatoms. The first-order valence-corrected chi connectivity index (χ1v) is 7.28. The van der Waals surface area contributed by atoms with E-state index in [2.05, 4.69) is 21.2 Å². The highest BCUT2D eigenvalue weighted by atomic mass is 79.9. The molecule has 0 amide bonds. The van der Waals surface area contributed by atoms with Crippen LogP contribution in [0.1, 0.15) is 17.2 Å². The van der Waals surface area contributed by atoms with E-state index in [1.807, 2.05) is 25.2 Å². The Labute approximate surface area is 131 Å². The lowest BCUT2D eigenvalue weighted by molar-refractivity contribution is 0.411. The van der Waals surface area contributed by atoms with E-state index >= 15 is 0 Å². The molecule has 0 radical (unpaired) electrons. The molecule has 21 heavy (non-hydrogen) atoms. The van der Waals surface area contributed by atoms with Crippen molar-refractivity contribution >= 4 is 15.9 Å². The molecule has 0 aliphatic heterocycles. The highest BCUT2D eigenvalue weighted by Gasteiger charge is 2.13. The Morgan fingerprint density at radius 1 is 1.14 bits per heavy atom. The summed E-state index contributed by atoms with van der Waals surface area (Å²) in [5.41, 5.74) is 1.62. The normalized spacial score (nSPS) is 12.2. The minimum absolute atomic E-state index is 0.0478. The average molecular weight is 356 g/mol. The highest BCUT2D eigenvalue weighted by Crippen LogP contribution is 2.29. The molecule has 2 nitrogen and oxygen atoms in total. The number of methoxy groups -OCH3 is 1. The number of likely N-dealkylation sites (N-methyl/N-ethyl adjacent to an activating group) is 1. The molecule has 112 valence electrons. The van der Waals surface area contributed by atoms with E-state index in [9.17, 15) is 8.78 Å². The third kappa shape index (κ3) is 4.02. The van der Waals surface area contributed by atoms with E-state index in [4.69, 9.17) is 4.74 Å². The first-order chi connectivity index (χ1) is 10.0. The lowest BCUT2D eigenvalue weighted by Crippen LogP contribution is -2.19. The minimum Gasteiger partial charge on any atom is -0.496 e. The molecule has 0 bridgehead atoms. The van der Waals surface area contributed by atoms with Gasteiger partial charge in [0.1, 0.15) is 17.4 Å². The Kier molecular flexibility index (Phi) is 5.31. The number of benzene rings is 2. The molecular weight excluding hydrogens is 340 g/mol. The molecule has 0 aromatic heterocycles. The van der Waals surface area contributed by atoms with Crippen molar-refractivity contribution in [2.75, 3.05) is 14.2 Å². The minimum atomic E-state index is -0.559. The summed E-state index contributed by atoms with van der Waals surface area (Å²) in [7, 11) is 3.42. The molecule has 0 heterocycles. The molecule has 1 unspecified atom stereocenters. The monoisotopic (exact) mass is 355 g/mol. The van der Waals surface area contributed by atoms with Crippen LogP contribution in [0, 0.1) is 11.6 Å². The first kappa shape index (κ1) is 15.9. The lowest BCUT2D eigenvalue weighted by atomic mass is 9.99. The third-order valence-corrected chi connectivity index (χ3v) is 3.91. The van der Waals surface area contributed by atoms with Crippen LogP contribution in [0.25, 0.3) is 0 Å². The second-order valence-electron chi connectivity index (χ2n) is 4.72. The predicted molar refractivity (Wildman–Crippen MR) is 82.6 cm³/mol. The van der Waals surface area contributed by atoms with E-state index in [0.717, 1.165) is 21.9 Å². The maximum absolute atomic E-state index is 13.3. The maximum Gasteiger partial charge on any atom is 0.133 e. The van der Waals surface area contributed by atoms with Gasteiger partial charge in [-0.3, -0.25) is 0 Å². The van der Waals surface area contributed by atoms with Gasteiger partial charge in [-0.15, -0.1) is 0 Å². The summed E-state index contributed by atoms with van der Waals surface area (Å²) in [6.45, 7) is 0. The SMILES string of the molecule is CNC(Cc1cc(F)cc(F)c1)c1ccc(OC)c(Br)c1. The van der Waals surface area contributed by atoms with Crippen LogP contribution >= 0.6 is 15.9 Å². The number of hydrogen-bond acceptors (Lipinski definition) is 2. The molecule has 0 spiro atoms.